The first kappa shape index (κ1) is 21.2. The minimum Gasteiger partial charge on any atom is -0.382 e. The van der Waals surface area contributed by atoms with E-state index in [9.17, 15) is 9.59 Å². The number of fused-ring (bicyclic) bond motifs is 4. The predicted octanol–water partition coefficient (Wildman–Crippen LogP) is 4.46. The normalized spacial score (nSPS) is 28.5. The SMILES string of the molecule is CCC[C@H]1[C@H]2C[C@H](CN(C(=O)c3cc(C)ccc3NC(C)C)C2)[C@@H]2CCCC(=O)N21. The smallest absolute Gasteiger partial charge is 0.255 e. The van der Waals surface area contributed by atoms with Gasteiger partial charge in [0, 0.05) is 43.3 Å². The molecule has 0 spiro atoms. The van der Waals surface area contributed by atoms with Crippen LogP contribution in [0.15, 0.2) is 18.2 Å². The van der Waals surface area contributed by atoms with Crippen LogP contribution in [0.1, 0.15) is 75.2 Å². The summed E-state index contributed by atoms with van der Waals surface area (Å²) in [5, 5.41) is 3.45. The van der Waals surface area contributed by atoms with Crippen molar-refractivity contribution in [1.29, 1.82) is 0 Å². The number of anilines is 1. The van der Waals surface area contributed by atoms with Crippen LogP contribution >= 0.6 is 0 Å². The Morgan fingerprint density at radius 3 is 2.73 bits per heavy atom. The molecule has 2 amide bonds. The first-order valence-corrected chi connectivity index (χ1v) is 11.9. The van der Waals surface area contributed by atoms with Crippen LogP contribution in [0.25, 0.3) is 0 Å². The van der Waals surface area contributed by atoms with Crippen molar-refractivity contribution >= 4 is 17.5 Å². The summed E-state index contributed by atoms with van der Waals surface area (Å²) in [6.07, 6.45) is 6.08. The van der Waals surface area contributed by atoms with Crippen molar-refractivity contribution < 1.29 is 9.59 Å². The predicted molar refractivity (Wildman–Crippen MR) is 121 cm³/mol. The highest BCUT2D eigenvalue weighted by atomic mass is 16.2. The number of rotatable bonds is 5. The van der Waals surface area contributed by atoms with Crippen LogP contribution in [-0.4, -0.2) is 52.8 Å². The quantitative estimate of drug-likeness (QED) is 0.778. The molecule has 0 radical (unpaired) electrons. The molecule has 3 aliphatic heterocycles. The Kier molecular flexibility index (Phi) is 6.08. The summed E-state index contributed by atoms with van der Waals surface area (Å²) in [4.78, 5) is 30.8. The summed E-state index contributed by atoms with van der Waals surface area (Å²) in [7, 11) is 0. The number of carbonyl (C=O) groups is 2. The molecule has 3 aliphatic rings. The number of hydrogen-bond acceptors (Lipinski definition) is 3. The topological polar surface area (TPSA) is 52.7 Å². The molecule has 4 rings (SSSR count). The second kappa shape index (κ2) is 8.60. The van der Waals surface area contributed by atoms with Gasteiger partial charge in [-0.2, -0.15) is 0 Å². The first-order valence-electron chi connectivity index (χ1n) is 11.9. The summed E-state index contributed by atoms with van der Waals surface area (Å²) in [5.41, 5.74) is 2.82. The number of nitrogens with zero attached hydrogens (tertiary/aromatic N) is 2. The number of likely N-dealkylation sites (tertiary alicyclic amines) is 1. The van der Waals surface area contributed by atoms with Crippen LogP contribution in [0.2, 0.25) is 0 Å². The molecule has 1 N–H and O–H groups in total. The number of benzene rings is 1. The maximum atomic E-state index is 13.7. The summed E-state index contributed by atoms with van der Waals surface area (Å²) >= 11 is 0. The maximum Gasteiger partial charge on any atom is 0.255 e. The molecule has 3 heterocycles. The standard InChI is InChI=1S/C25H37N3O2/c1-5-7-22-18-13-19(23-8-6-9-24(29)28(22)23)15-27(14-18)25(30)20-12-17(4)10-11-21(20)26-16(2)3/h10-12,16,18-19,22-23,26H,5-9,13-15H2,1-4H3/t18-,19+,22-,23-/m0/s1. The highest BCUT2D eigenvalue weighted by Crippen LogP contribution is 2.43. The van der Waals surface area contributed by atoms with E-state index in [4.69, 9.17) is 0 Å². The van der Waals surface area contributed by atoms with Crippen LogP contribution in [0.5, 0.6) is 0 Å². The molecule has 3 saturated heterocycles. The van der Waals surface area contributed by atoms with Crippen LogP contribution in [-0.2, 0) is 4.79 Å². The Morgan fingerprint density at radius 2 is 2.00 bits per heavy atom. The number of carbonyl (C=O) groups excluding carboxylic acids is 2. The zero-order valence-electron chi connectivity index (χ0n) is 19.0. The fraction of sp³-hybridized carbons (Fsp3) is 0.680. The van der Waals surface area contributed by atoms with E-state index in [1.807, 2.05) is 19.1 Å². The van der Waals surface area contributed by atoms with Gasteiger partial charge < -0.3 is 15.1 Å². The highest BCUT2D eigenvalue weighted by molar-refractivity contribution is 6.00. The van der Waals surface area contributed by atoms with E-state index >= 15 is 0 Å². The van der Waals surface area contributed by atoms with Crippen LogP contribution in [0, 0.1) is 18.8 Å². The molecule has 0 saturated carbocycles. The molecule has 5 nitrogen and oxygen atoms in total. The van der Waals surface area contributed by atoms with E-state index in [0.717, 1.165) is 62.0 Å². The van der Waals surface area contributed by atoms with E-state index in [-0.39, 0.29) is 11.9 Å². The Balaban J connectivity index is 1.61. The second-order valence-electron chi connectivity index (χ2n) is 9.93. The molecule has 30 heavy (non-hydrogen) atoms. The lowest BCUT2D eigenvalue weighted by atomic mass is 9.71. The Bertz CT molecular complexity index is 806. The number of aryl methyl sites for hydroxylation is 1. The lowest BCUT2D eigenvalue weighted by Crippen LogP contribution is -2.65. The second-order valence-corrected chi connectivity index (χ2v) is 9.93. The molecule has 1 aromatic rings. The van der Waals surface area contributed by atoms with Gasteiger partial charge in [-0.1, -0.05) is 25.0 Å². The molecule has 3 fully saturated rings. The molecule has 1 aromatic carbocycles. The Morgan fingerprint density at radius 1 is 1.23 bits per heavy atom. The molecule has 4 atom stereocenters. The van der Waals surface area contributed by atoms with Crippen molar-refractivity contribution in [3.05, 3.63) is 29.3 Å². The number of hydrogen-bond donors (Lipinski definition) is 1. The molecular weight excluding hydrogens is 374 g/mol. The van der Waals surface area contributed by atoms with E-state index in [2.05, 4.69) is 42.0 Å². The molecule has 0 unspecified atom stereocenters. The largest absolute Gasteiger partial charge is 0.382 e. The van der Waals surface area contributed by atoms with Crippen molar-refractivity contribution in [2.45, 2.75) is 84.3 Å². The van der Waals surface area contributed by atoms with Crippen molar-refractivity contribution in [3.8, 4) is 0 Å². The molecular formula is C25H37N3O2. The van der Waals surface area contributed by atoms with E-state index in [1.165, 1.54) is 0 Å². The summed E-state index contributed by atoms with van der Waals surface area (Å²) in [6.45, 7) is 10.00. The van der Waals surface area contributed by atoms with Gasteiger partial charge in [0.15, 0.2) is 0 Å². The minimum absolute atomic E-state index is 0.141. The van der Waals surface area contributed by atoms with Gasteiger partial charge in [0.25, 0.3) is 5.91 Å². The zero-order chi connectivity index (χ0) is 21.4. The maximum absolute atomic E-state index is 13.7. The molecule has 2 bridgehead atoms. The van der Waals surface area contributed by atoms with Crippen LogP contribution in [0.4, 0.5) is 5.69 Å². The molecule has 0 aliphatic carbocycles. The van der Waals surface area contributed by atoms with Gasteiger partial charge in [-0.05, 0) is 70.4 Å². The van der Waals surface area contributed by atoms with Gasteiger partial charge in [-0.3, -0.25) is 9.59 Å². The minimum atomic E-state index is 0.141. The molecule has 5 heteroatoms. The van der Waals surface area contributed by atoms with Crippen LogP contribution < -0.4 is 5.32 Å². The summed E-state index contributed by atoms with van der Waals surface area (Å²) in [5.74, 6) is 1.30. The zero-order valence-corrected chi connectivity index (χ0v) is 19.0. The number of piperidine rings is 3. The van der Waals surface area contributed by atoms with Crippen molar-refractivity contribution in [2.24, 2.45) is 11.8 Å². The van der Waals surface area contributed by atoms with E-state index in [1.54, 1.807) is 0 Å². The van der Waals surface area contributed by atoms with Crippen molar-refractivity contribution in [1.82, 2.24) is 9.80 Å². The van der Waals surface area contributed by atoms with Gasteiger partial charge in [0.05, 0.1) is 5.56 Å². The van der Waals surface area contributed by atoms with Gasteiger partial charge in [0.2, 0.25) is 5.91 Å². The Labute approximate surface area is 181 Å². The lowest BCUT2D eigenvalue weighted by molar-refractivity contribution is -0.152. The third kappa shape index (κ3) is 3.95. The fourth-order valence-electron chi connectivity index (χ4n) is 6.05. The number of nitrogens with one attached hydrogen (secondary N) is 1. The summed E-state index contributed by atoms with van der Waals surface area (Å²) < 4.78 is 0. The average molecular weight is 412 g/mol. The van der Waals surface area contributed by atoms with Crippen molar-refractivity contribution in [2.75, 3.05) is 18.4 Å². The van der Waals surface area contributed by atoms with E-state index in [0.29, 0.717) is 36.2 Å². The fourth-order valence-corrected chi connectivity index (χ4v) is 6.05. The van der Waals surface area contributed by atoms with E-state index < -0.39 is 0 Å². The Hall–Kier alpha value is -2.04. The molecule has 164 valence electrons. The monoisotopic (exact) mass is 411 g/mol. The van der Waals surface area contributed by atoms with Crippen LogP contribution in [0.3, 0.4) is 0 Å². The van der Waals surface area contributed by atoms with Gasteiger partial charge in [0.1, 0.15) is 0 Å². The highest BCUT2D eigenvalue weighted by Gasteiger charge is 2.49. The number of amides is 2. The van der Waals surface area contributed by atoms with Gasteiger partial charge in [-0.15, -0.1) is 0 Å². The third-order valence-corrected chi connectivity index (χ3v) is 7.22. The molecule has 0 aromatic heterocycles. The first-order chi connectivity index (χ1) is 14.4. The van der Waals surface area contributed by atoms with Gasteiger partial charge in [-0.25, -0.2) is 0 Å². The van der Waals surface area contributed by atoms with Crippen molar-refractivity contribution in [3.63, 3.8) is 0 Å². The summed E-state index contributed by atoms with van der Waals surface area (Å²) in [6, 6.07) is 7.02. The average Bonchev–Trinajstić information content (AvgIpc) is 2.71. The van der Waals surface area contributed by atoms with Gasteiger partial charge >= 0.3 is 0 Å². The lowest BCUT2D eigenvalue weighted by Gasteiger charge is -2.56. The third-order valence-electron chi connectivity index (χ3n) is 7.22.